The van der Waals surface area contributed by atoms with Gasteiger partial charge in [0, 0.05) is 26.1 Å². The zero-order chi connectivity index (χ0) is 15.9. The Balaban J connectivity index is 0.00000264. The molecule has 128 valence electrons. The predicted molar refractivity (Wildman–Crippen MR) is 87.3 cm³/mol. The molecule has 1 aliphatic heterocycles. The van der Waals surface area contributed by atoms with E-state index in [-0.39, 0.29) is 18.2 Å². The zero-order valence-corrected chi connectivity index (χ0v) is 14.1. The molecule has 1 aromatic carbocycles. The third kappa shape index (κ3) is 6.08. The number of nitrogens with zero attached hydrogens (tertiary/aromatic N) is 1. The van der Waals surface area contributed by atoms with Crippen LogP contribution in [0.5, 0.6) is 5.75 Å². The van der Waals surface area contributed by atoms with E-state index in [2.05, 4.69) is 4.74 Å². The second-order valence-corrected chi connectivity index (χ2v) is 5.24. The Morgan fingerprint density at radius 1 is 1.30 bits per heavy atom. The van der Waals surface area contributed by atoms with E-state index in [1.165, 1.54) is 12.7 Å². The Labute approximate surface area is 142 Å². The minimum Gasteiger partial charge on any atom is -0.492 e. The highest BCUT2D eigenvalue weighted by molar-refractivity contribution is 5.86. The molecule has 1 aromatic rings. The maximum atomic E-state index is 11.7. The van der Waals surface area contributed by atoms with E-state index in [0.29, 0.717) is 32.7 Å². The van der Waals surface area contributed by atoms with Gasteiger partial charge in [0.25, 0.3) is 0 Å². The topological polar surface area (TPSA) is 65.1 Å². The molecule has 1 unspecified atom stereocenters. The van der Waals surface area contributed by atoms with Crippen molar-refractivity contribution in [3.05, 3.63) is 29.8 Å². The number of benzene rings is 1. The SMILES string of the molecule is COC(=O)OC1CN(CCOc2ccc(C)cc2)CCC1=O.Cl. The van der Waals surface area contributed by atoms with Crippen LogP contribution >= 0.6 is 12.4 Å². The highest BCUT2D eigenvalue weighted by Crippen LogP contribution is 2.13. The van der Waals surface area contributed by atoms with Crippen molar-refractivity contribution in [1.29, 1.82) is 0 Å². The molecule has 23 heavy (non-hydrogen) atoms. The van der Waals surface area contributed by atoms with Gasteiger partial charge in [0.15, 0.2) is 11.9 Å². The van der Waals surface area contributed by atoms with Gasteiger partial charge in [-0.1, -0.05) is 17.7 Å². The van der Waals surface area contributed by atoms with E-state index in [4.69, 9.17) is 9.47 Å². The highest BCUT2D eigenvalue weighted by Gasteiger charge is 2.30. The number of Topliss-reactive ketones (excluding diaryl/α,β-unsaturated/α-hetero) is 1. The zero-order valence-electron chi connectivity index (χ0n) is 13.3. The molecule has 0 spiro atoms. The van der Waals surface area contributed by atoms with Gasteiger partial charge < -0.3 is 14.2 Å². The van der Waals surface area contributed by atoms with Crippen molar-refractivity contribution < 1.29 is 23.8 Å². The molecule has 1 atom stereocenters. The van der Waals surface area contributed by atoms with Crippen molar-refractivity contribution in [3.63, 3.8) is 0 Å². The molecule has 6 nitrogen and oxygen atoms in total. The molecule has 0 aromatic heterocycles. The Hall–Kier alpha value is -1.79. The molecule has 0 aliphatic carbocycles. The smallest absolute Gasteiger partial charge is 0.492 e. The fraction of sp³-hybridized carbons (Fsp3) is 0.500. The number of hydrogen-bond acceptors (Lipinski definition) is 6. The third-order valence-corrected chi connectivity index (χ3v) is 3.56. The lowest BCUT2D eigenvalue weighted by Crippen LogP contribution is -2.47. The van der Waals surface area contributed by atoms with Crippen LogP contribution in [0.15, 0.2) is 24.3 Å². The number of ether oxygens (including phenoxy) is 3. The van der Waals surface area contributed by atoms with Crippen LogP contribution in [0.2, 0.25) is 0 Å². The summed E-state index contributed by atoms with van der Waals surface area (Å²) in [6.45, 7) is 4.24. The maximum absolute atomic E-state index is 11.7. The summed E-state index contributed by atoms with van der Waals surface area (Å²) in [5.41, 5.74) is 1.18. The molecule has 0 amide bonds. The Bertz CT molecular complexity index is 520. The first-order chi connectivity index (χ1) is 10.6. The maximum Gasteiger partial charge on any atom is 0.508 e. The highest BCUT2D eigenvalue weighted by atomic mass is 35.5. The molecule has 0 bridgehead atoms. The van der Waals surface area contributed by atoms with E-state index in [1.54, 1.807) is 0 Å². The molecule has 1 fully saturated rings. The van der Waals surface area contributed by atoms with Gasteiger partial charge in [-0.3, -0.25) is 9.69 Å². The van der Waals surface area contributed by atoms with Crippen molar-refractivity contribution >= 4 is 24.3 Å². The number of ketones is 1. The van der Waals surface area contributed by atoms with Crippen molar-refractivity contribution in [2.24, 2.45) is 0 Å². The monoisotopic (exact) mass is 343 g/mol. The van der Waals surface area contributed by atoms with E-state index in [9.17, 15) is 9.59 Å². The number of aryl methyl sites for hydroxylation is 1. The van der Waals surface area contributed by atoms with Crippen LogP contribution in [0.4, 0.5) is 4.79 Å². The number of carbonyl (C=O) groups excluding carboxylic acids is 2. The lowest BCUT2D eigenvalue weighted by Gasteiger charge is -2.30. The largest absolute Gasteiger partial charge is 0.508 e. The van der Waals surface area contributed by atoms with E-state index in [0.717, 1.165) is 5.75 Å². The van der Waals surface area contributed by atoms with Gasteiger partial charge in [-0.25, -0.2) is 4.79 Å². The first kappa shape index (κ1) is 19.3. The second kappa shape index (κ2) is 9.37. The number of hydrogen-bond donors (Lipinski definition) is 0. The normalized spacial score (nSPS) is 18.0. The first-order valence-electron chi connectivity index (χ1n) is 7.27. The van der Waals surface area contributed by atoms with Crippen molar-refractivity contribution in [3.8, 4) is 5.75 Å². The van der Waals surface area contributed by atoms with Gasteiger partial charge >= 0.3 is 6.16 Å². The Morgan fingerprint density at radius 2 is 2.00 bits per heavy atom. The van der Waals surface area contributed by atoms with Gasteiger partial charge in [-0.15, -0.1) is 12.4 Å². The summed E-state index contributed by atoms with van der Waals surface area (Å²) in [5, 5.41) is 0. The van der Waals surface area contributed by atoms with E-state index < -0.39 is 12.3 Å². The van der Waals surface area contributed by atoms with E-state index >= 15 is 0 Å². The first-order valence-corrected chi connectivity index (χ1v) is 7.27. The van der Waals surface area contributed by atoms with Crippen LogP contribution < -0.4 is 4.74 Å². The lowest BCUT2D eigenvalue weighted by atomic mass is 10.1. The molecule has 2 rings (SSSR count). The van der Waals surface area contributed by atoms with Crippen molar-refractivity contribution in [2.45, 2.75) is 19.4 Å². The number of carbonyl (C=O) groups is 2. The Kier molecular flexibility index (Phi) is 7.85. The van der Waals surface area contributed by atoms with Gasteiger partial charge in [0.05, 0.1) is 7.11 Å². The molecule has 0 radical (unpaired) electrons. The average molecular weight is 344 g/mol. The average Bonchev–Trinajstić information content (AvgIpc) is 2.52. The lowest BCUT2D eigenvalue weighted by molar-refractivity contribution is -0.133. The summed E-state index contributed by atoms with van der Waals surface area (Å²) in [7, 11) is 1.23. The number of methoxy groups -OCH3 is 1. The fourth-order valence-corrected chi connectivity index (χ4v) is 2.25. The predicted octanol–water partition coefficient (Wildman–Crippen LogP) is 2.22. The third-order valence-electron chi connectivity index (χ3n) is 3.56. The van der Waals surface area contributed by atoms with Crippen LogP contribution in [0.3, 0.4) is 0 Å². The standard InChI is InChI=1S/C16H21NO5.ClH/c1-12-3-5-13(6-4-12)21-10-9-17-8-7-14(18)15(11-17)22-16(19)20-2;/h3-6,15H,7-11H2,1-2H3;1H. The van der Waals surface area contributed by atoms with Crippen molar-refractivity contribution in [1.82, 2.24) is 4.90 Å². The van der Waals surface area contributed by atoms with Crippen LogP contribution in [0.25, 0.3) is 0 Å². The summed E-state index contributed by atoms with van der Waals surface area (Å²) >= 11 is 0. The summed E-state index contributed by atoms with van der Waals surface area (Å²) in [4.78, 5) is 24.9. The van der Waals surface area contributed by atoms with Crippen molar-refractivity contribution in [2.75, 3.05) is 33.4 Å². The van der Waals surface area contributed by atoms with Gasteiger partial charge in [0.2, 0.25) is 0 Å². The molecule has 0 saturated carbocycles. The summed E-state index contributed by atoms with van der Waals surface area (Å²) in [6.07, 6.45) is -1.21. The number of rotatable bonds is 5. The van der Waals surface area contributed by atoms with Crippen LogP contribution in [-0.4, -0.2) is 56.3 Å². The van der Waals surface area contributed by atoms with Crippen LogP contribution in [0, 0.1) is 6.92 Å². The van der Waals surface area contributed by atoms with Gasteiger partial charge in [-0.2, -0.15) is 0 Å². The summed E-state index contributed by atoms with van der Waals surface area (Å²) in [5.74, 6) is 0.752. The minimum atomic E-state index is -0.823. The molecular weight excluding hydrogens is 322 g/mol. The van der Waals surface area contributed by atoms with E-state index in [1.807, 2.05) is 36.1 Å². The second-order valence-electron chi connectivity index (χ2n) is 5.24. The number of halogens is 1. The molecule has 1 saturated heterocycles. The fourth-order valence-electron chi connectivity index (χ4n) is 2.25. The van der Waals surface area contributed by atoms with Crippen LogP contribution in [-0.2, 0) is 14.3 Å². The molecule has 0 N–H and O–H groups in total. The number of likely N-dealkylation sites (tertiary alicyclic amines) is 1. The van der Waals surface area contributed by atoms with Crippen LogP contribution in [0.1, 0.15) is 12.0 Å². The van der Waals surface area contributed by atoms with Gasteiger partial charge in [0.1, 0.15) is 12.4 Å². The minimum absolute atomic E-state index is 0. The summed E-state index contributed by atoms with van der Waals surface area (Å²) < 4.78 is 15.1. The summed E-state index contributed by atoms with van der Waals surface area (Å²) in [6, 6.07) is 7.85. The molecular formula is C16H22ClNO5. The number of piperidine rings is 1. The van der Waals surface area contributed by atoms with Gasteiger partial charge in [-0.05, 0) is 19.1 Å². The molecule has 7 heteroatoms. The molecule has 1 heterocycles. The quantitative estimate of drug-likeness (QED) is 0.764. The molecule has 1 aliphatic rings. The Morgan fingerprint density at radius 3 is 2.65 bits per heavy atom.